The number of amides is 2. The van der Waals surface area contributed by atoms with Gasteiger partial charge in [0.05, 0.1) is 6.42 Å². The SMILES string of the molecule is CCCC(NC(=O)Cc1ccccc1)C(=O)NCc1ccccc1CN1CCCCC1C. The standard InChI is InChI=1S/C27H37N3O2/c1-3-11-25(29-26(31)18-22-13-5-4-6-14-22)27(32)28-19-23-15-7-8-16-24(23)20-30-17-10-9-12-21(30)2/h4-8,13-16,21,25H,3,9-12,17-20H2,1-2H3,(H,28,32)(H,29,31). The maximum absolute atomic E-state index is 12.9. The van der Waals surface area contributed by atoms with Crippen molar-refractivity contribution >= 4 is 11.8 Å². The molecule has 1 heterocycles. The molecule has 0 aliphatic carbocycles. The highest BCUT2D eigenvalue weighted by atomic mass is 16.2. The number of piperidine rings is 1. The fourth-order valence-electron chi connectivity index (χ4n) is 4.39. The highest BCUT2D eigenvalue weighted by molar-refractivity contribution is 5.88. The van der Waals surface area contributed by atoms with E-state index in [1.54, 1.807) is 0 Å². The summed E-state index contributed by atoms with van der Waals surface area (Å²) in [6, 6.07) is 18.0. The van der Waals surface area contributed by atoms with E-state index in [1.165, 1.54) is 24.8 Å². The van der Waals surface area contributed by atoms with E-state index in [0.29, 0.717) is 19.0 Å². The highest BCUT2D eigenvalue weighted by Gasteiger charge is 2.21. The van der Waals surface area contributed by atoms with Crippen LogP contribution < -0.4 is 10.6 Å². The van der Waals surface area contributed by atoms with Crippen molar-refractivity contribution in [2.24, 2.45) is 0 Å². The van der Waals surface area contributed by atoms with E-state index in [0.717, 1.165) is 30.6 Å². The molecule has 2 atom stereocenters. The second kappa shape index (κ2) is 12.4. The van der Waals surface area contributed by atoms with Gasteiger partial charge in [0, 0.05) is 19.1 Å². The number of hydrogen-bond acceptors (Lipinski definition) is 3. The Morgan fingerprint density at radius 1 is 1.03 bits per heavy atom. The molecule has 5 nitrogen and oxygen atoms in total. The van der Waals surface area contributed by atoms with Crippen molar-refractivity contribution in [1.29, 1.82) is 0 Å². The van der Waals surface area contributed by atoms with E-state index < -0.39 is 6.04 Å². The van der Waals surface area contributed by atoms with Gasteiger partial charge in [-0.1, -0.05) is 74.4 Å². The summed E-state index contributed by atoms with van der Waals surface area (Å²) in [6.45, 7) is 6.86. The number of benzene rings is 2. The Bertz CT molecular complexity index is 868. The van der Waals surface area contributed by atoms with Crippen LogP contribution in [-0.2, 0) is 29.1 Å². The largest absolute Gasteiger partial charge is 0.350 e. The topological polar surface area (TPSA) is 61.4 Å². The Hall–Kier alpha value is -2.66. The molecule has 2 amide bonds. The lowest BCUT2D eigenvalue weighted by Gasteiger charge is -2.33. The monoisotopic (exact) mass is 435 g/mol. The van der Waals surface area contributed by atoms with Gasteiger partial charge in [-0.2, -0.15) is 0 Å². The van der Waals surface area contributed by atoms with Gasteiger partial charge in [-0.05, 0) is 49.4 Å². The molecular formula is C27H37N3O2. The average Bonchev–Trinajstić information content (AvgIpc) is 2.80. The molecule has 2 N–H and O–H groups in total. The minimum Gasteiger partial charge on any atom is -0.350 e. The van der Waals surface area contributed by atoms with Crippen molar-refractivity contribution in [3.63, 3.8) is 0 Å². The number of likely N-dealkylation sites (tertiary alicyclic amines) is 1. The van der Waals surface area contributed by atoms with E-state index in [-0.39, 0.29) is 18.2 Å². The average molecular weight is 436 g/mol. The summed E-state index contributed by atoms with van der Waals surface area (Å²) in [5.74, 6) is -0.237. The molecule has 32 heavy (non-hydrogen) atoms. The minimum atomic E-state index is -0.509. The molecule has 1 aliphatic heterocycles. The van der Waals surface area contributed by atoms with Crippen molar-refractivity contribution in [2.75, 3.05) is 6.54 Å². The number of nitrogens with zero attached hydrogens (tertiary/aromatic N) is 1. The molecule has 5 heteroatoms. The number of hydrogen-bond donors (Lipinski definition) is 2. The van der Waals surface area contributed by atoms with Crippen LogP contribution in [0.1, 0.15) is 62.6 Å². The molecule has 0 radical (unpaired) electrons. The van der Waals surface area contributed by atoms with Crippen molar-refractivity contribution in [2.45, 2.75) is 77.5 Å². The molecule has 0 saturated carbocycles. The Labute approximate surface area is 192 Å². The van der Waals surface area contributed by atoms with Gasteiger partial charge in [0.1, 0.15) is 6.04 Å². The van der Waals surface area contributed by atoms with E-state index in [2.05, 4.69) is 40.7 Å². The third-order valence-corrected chi connectivity index (χ3v) is 6.32. The Kier molecular flexibility index (Phi) is 9.29. The molecule has 172 valence electrons. The Morgan fingerprint density at radius 2 is 1.75 bits per heavy atom. The maximum Gasteiger partial charge on any atom is 0.242 e. The number of carbonyl (C=O) groups is 2. The molecule has 2 aromatic carbocycles. The predicted octanol–water partition coefficient (Wildman–Crippen LogP) is 4.20. The van der Waals surface area contributed by atoms with E-state index in [9.17, 15) is 9.59 Å². The van der Waals surface area contributed by atoms with Crippen molar-refractivity contribution in [3.8, 4) is 0 Å². The molecule has 1 fully saturated rings. The van der Waals surface area contributed by atoms with Gasteiger partial charge < -0.3 is 10.6 Å². The molecule has 0 bridgehead atoms. The second-order valence-electron chi connectivity index (χ2n) is 8.87. The molecule has 0 spiro atoms. The highest BCUT2D eigenvalue weighted by Crippen LogP contribution is 2.21. The van der Waals surface area contributed by atoms with Crippen molar-refractivity contribution < 1.29 is 9.59 Å². The first-order valence-corrected chi connectivity index (χ1v) is 12.0. The number of nitrogens with one attached hydrogen (secondary N) is 2. The van der Waals surface area contributed by atoms with Gasteiger partial charge in [-0.15, -0.1) is 0 Å². The smallest absolute Gasteiger partial charge is 0.242 e. The summed E-state index contributed by atoms with van der Waals surface area (Å²) in [4.78, 5) is 27.9. The van der Waals surface area contributed by atoms with Crippen LogP contribution in [0.4, 0.5) is 0 Å². The fourth-order valence-corrected chi connectivity index (χ4v) is 4.39. The fraction of sp³-hybridized carbons (Fsp3) is 0.481. The molecule has 0 aromatic heterocycles. The van der Waals surface area contributed by atoms with Gasteiger partial charge >= 0.3 is 0 Å². The summed E-state index contributed by atoms with van der Waals surface area (Å²) in [5.41, 5.74) is 3.35. The number of rotatable bonds is 10. The lowest BCUT2D eigenvalue weighted by Crippen LogP contribution is -2.47. The van der Waals surface area contributed by atoms with Gasteiger partial charge in [0.2, 0.25) is 11.8 Å². The van der Waals surface area contributed by atoms with Crippen LogP contribution in [0.2, 0.25) is 0 Å². The van der Waals surface area contributed by atoms with Crippen molar-refractivity contribution in [1.82, 2.24) is 15.5 Å². The van der Waals surface area contributed by atoms with Gasteiger partial charge in [0.15, 0.2) is 0 Å². The third kappa shape index (κ3) is 7.20. The minimum absolute atomic E-state index is 0.116. The van der Waals surface area contributed by atoms with E-state index in [4.69, 9.17) is 0 Å². The summed E-state index contributed by atoms with van der Waals surface area (Å²) in [7, 11) is 0. The van der Waals surface area contributed by atoms with Crippen molar-refractivity contribution in [3.05, 3.63) is 71.3 Å². The Balaban J connectivity index is 1.57. The molecule has 2 aromatic rings. The van der Waals surface area contributed by atoms with Gasteiger partial charge in [-0.3, -0.25) is 14.5 Å². The second-order valence-corrected chi connectivity index (χ2v) is 8.87. The van der Waals surface area contributed by atoms with Gasteiger partial charge in [-0.25, -0.2) is 0 Å². The van der Waals surface area contributed by atoms with Gasteiger partial charge in [0.25, 0.3) is 0 Å². The van der Waals surface area contributed by atoms with Crippen LogP contribution in [0, 0.1) is 0 Å². The first-order chi connectivity index (χ1) is 15.6. The van der Waals surface area contributed by atoms with E-state index >= 15 is 0 Å². The maximum atomic E-state index is 12.9. The normalized spacial score (nSPS) is 17.5. The first kappa shape index (κ1) is 24.0. The molecule has 3 rings (SSSR count). The zero-order valence-electron chi connectivity index (χ0n) is 19.5. The lowest BCUT2D eigenvalue weighted by molar-refractivity contribution is -0.129. The summed E-state index contributed by atoms with van der Waals surface area (Å²) < 4.78 is 0. The van der Waals surface area contributed by atoms with Crippen LogP contribution in [0.5, 0.6) is 0 Å². The molecular weight excluding hydrogens is 398 g/mol. The van der Waals surface area contributed by atoms with Crippen LogP contribution in [0.3, 0.4) is 0 Å². The summed E-state index contributed by atoms with van der Waals surface area (Å²) >= 11 is 0. The molecule has 1 saturated heterocycles. The van der Waals surface area contributed by atoms with Crippen LogP contribution in [0.15, 0.2) is 54.6 Å². The van der Waals surface area contributed by atoms with Crippen LogP contribution in [0.25, 0.3) is 0 Å². The number of carbonyl (C=O) groups excluding carboxylic acids is 2. The summed E-state index contributed by atoms with van der Waals surface area (Å²) in [6.07, 6.45) is 5.55. The lowest BCUT2D eigenvalue weighted by atomic mass is 10.0. The first-order valence-electron chi connectivity index (χ1n) is 12.0. The zero-order chi connectivity index (χ0) is 22.8. The molecule has 1 aliphatic rings. The van der Waals surface area contributed by atoms with Crippen LogP contribution >= 0.6 is 0 Å². The Morgan fingerprint density at radius 3 is 2.47 bits per heavy atom. The molecule has 2 unspecified atom stereocenters. The van der Waals surface area contributed by atoms with E-state index in [1.807, 2.05) is 43.3 Å². The quantitative estimate of drug-likeness (QED) is 0.588. The summed E-state index contributed by atoms with van der Waals surface area (Å²) in [5, 5.41) is 6.00. The zero-order valence-corrected chi connectivity index (χ0v) is 19.5. The third-order valence-electron chi connectivity index (χ3n) is 6.32. The van der Waals surface area contributed by atoms with Crippen LogP contribution in [-0.4, -0.2) is 35.3 Å². The predicted molar refractivity (Wildman–Crippen MR) is 129 cm³/mol.